The number of alkyl halides is 5. The van der Waals surface area contributed by atoms with Gasteiger partial charge in [0.1, 0.15) is 0 Å². The lowest BCUT2D eigenvalue weighted by Crippen LogP contribution is -2.55. The lowest BCUT2D eigenvalue weighted by atomic mass is 10.0. The van der Waals surface area contributed by atoms with Gasteiger partial charge >= 0.3 is 18.0 Å². The SMILES string of the molecule is CCN1CCC(N(C)C(=O)C(F)(F)C(F)(F)F)CC1. The van der Waals surface area contributed by atoms with Crippen molar-refractivity contribution in [1.29, 1.82) is 0 Å². The zero-order chi connectivity index (χ0) is 14.8. The number of nitrogens with zero attached hydrogens (tertiary/aromatic N) is 2. The number of rotatable bonds is 3. The molecule has 0 radical (unpaired) electrons. The molecule has 1 amide bonds. The summed E-state index contributed by atoms with van der Waals surface area (Å²) in [7, 11) is 1.01. The van der Waals surface area contributed by atoms with Gasteiger partial charge in [-0.15, -0.1) is 0 Å². The van der Waals surface area contributed by atoms with Crippen LogP contribution in [0.5, 0.6) is 0 Å². The van der Waals surface area contributed by atoms with E-state index < -0.39 is 24.0 Å². The predicted octanol–water partition coefficient (Wildman–Crippen LogP) is 2.13. The van der Waals surface area contributed by atoms with E-state index in [1.165, 1.54) is 0 Å². The highest BCUT2D eigenvalue weighted by atomic mass is 19.4. The molecule has 1 fully saturated rings. The topological polar surface area (TPSA) is 23.6 Å². The molecular formula is C11H17F5N2O. The molecule has 0 bridgehead atoms. The molecule has 8 heteroatoms. The molecule has 1 rings (SSSR count). The van der Waals surface area contributed by atoms with Gasteiger partial charge in [0.15, 0.2) is 0 Å². The lowest BCUT2D eigenvalue weighted by Gasteiger charge is -2.37. The fourth-order valence-corrected chi connectivity index (χ4v) is 2.13. The summed E-state index contributed by atoms with van der Waals surface area (Å²) in [5, 5.41) is 0. The average Bonchev–Trinajstić information content (AvgIpc) is 2.35. The van der Waals surface area contributed by atoms with E-state index in [2.05, 4.69) is 4.90 Å². The van der Waals surface area contributed by atoms with Crippen molar-refractivity contribution in [2.45, 2.75) is 37.9 Å². The van der Waals surface area contributed by atoms with Gasteiger partial charge in [-0.3, -0.25) is 4.79 Å². The zero-order valence-electron chi connectivity index (χ0n) is 10.8. The van der Waals surface area contributed by atoms with Crippen LogP contribution in [-0.2, 0) is 4.79 Å². The van der Waals surface area contributed by atoms with Crippen LogP contribution in [0.4, 0.5) is 22.0 Å². The van der Waals surface area contributed by atoms with Crippen LogP contribution < -0.4 is 0 Å². The number of halogens is 5. The third kappa shape index (κ3) is 3.34. The molecule has 0 aromatic rings. The number of hydrogen-bond acceptors (Lipinski definition) is 2. The predicted molar refractivity (Wildman–Crippen MR) is 58.9 cm³/mol. The standard InChI is InChI=1S/C11H17F5N2O/c1-3-18-6-4-8(5-7-18)17(2)9(19)10(12,13)11(14,15)16/h8H,3-7H2,1-2H3. The van der Waals surface area contributed by atoms with Crippen molar-refractivity contribution in [1.82, 2.24) is 9.80 Å². The molecule has 0 aliphatic carbocycles. The Morgan fingerprint density at radius 2 is 1.68 bits per heavy atom. The summed E-state index contributed by atoms with van der Waals surface area (Å²) in [6.07, 6.45) is -5.03. The van der Waals surface area contributed by atoms with Crippen LogP contribution >= 0.6 is 0 Å². The van der Waals surface area contributed by atoms with Gasteiger partial charge in [-0.2, -0.15) is 22.0 Å². The van der Waals surface area contributed by atoms with Crippen molar-refractivity contribution in [3.8, 4) is 0 Å². The fraction of sp³-hybridized carbons (Fsp3) is 0.909. The van der Waals surface area contributed by atoms with Gasteiger partial charge in [-0.1, -0.05) is 6.92 Å². The molecule has 19 heavy (non-hydrogen) atoms. The van der Waals surface area contributed by atoms with Crippen molar-refractivity contribution in [2.24, 2.45) is 0 Å². The summed E-state index contributed by atoms with van der Waals surface area (Å²) >= 11 is 0. The Balaban J connectivity index is 2.68. The minimum Gasteiger partial charge on any atom is -0.337 e. The zero-order valence-corrected chi connectivity index (χ0v) is 10.8. The van der Waals surface area contributed by atoms with Crippen LogP contribution in [0.1, 0.15) is 19.8 Å². The maximum absolute atomic E-state index is 12.9. The van der Waals surface area contributed by atoms with E-state index >= 15 is 0 Å². The summed E-state index contributed by atoms with van der Waals surface area (Å²) in [4.78, 5) is 13.9. The first-order valence-corrected chi connectivity index (χ1v) is 6.05. The summed E-state index contributed by atoms with van der Waals surface area (Å²) in [5.41, 5.74) is 0. The highest BCUT2D eigenvalue weighted by Gasteiger charge is 2.64. The lowest BCUT2D eigenvalue weighted by molar-refractivity contribution is -0.274. The minimum absolute atomic E-state index is 0.407. The normalized spacial score (nSPS) is 19.5. The second-order valence-electron chi connectivity index (χ2n) is 4.65. The molecule has 1 aliphatic heterocycles. The van der Waals surface area contributed by atoms with Crippen LogP contribution in [0.15, 0.2) is 0 Å². The van der Waals surface area contributed by atoms with E-state index in [1.54, 1.807) is 0 Å². The quantitative estimate of drug-likeness (QED) is 0.743. The molecule has 0 atom stereocenters. The van der Waals surface area contributed by atoms with E-state index in [0.717, 1.165) is 13.6 Å². The molecule has 1 heterocycles. The molecule has 3 nitrogen and oxygen atoms in total. The largest absolute Gasteiger partial charge is 0.463 e. The second-order valence-corrected chi connectivity index (χ2v) is 4.65. The Morgan fingerprint density at radius 3 is 2.05 bits per heavy atom. The third-order valence-electron chi connectivity index (χ3n) is 3.50. The Bertz CT molecular complexity index is 324. The van der Waals surface area contributed by atoms with Crippen LogP contribution in [-0.4, -0.2) is 60.5 Å². The number of carbonyl (C=O) groups is 1. The molecule has 0 aromatic heterocycles. The summed E-state index contributed by atoms with van der Waals surface area (Å²) in [6.45, 7) is 3.92. The third-order valence-corrected chi connectivity index (χ3v) is 3.50. The first-order valence-electron chi connectivity index (χ1n) is 6.05. The first-order chi connectivity index (χ1) is 8.61. The number of hydrogen-bond donors (Lipinski definition) is 0. The molecule has 0 N–H and O–H groups in total. The monoisotopic (exact) mass is 288 g/mol. The number of carbonyl (C=O) groups excluding carboxylic acids is 1. The second kappa shape index (κ2) is 5.60. The molecule has 0 spiro atoms. The molecule has 0 unspecified atom stereocenters. The number of amides is 1. The van der Waals surface area contributed by atoms with Crippen LogP contribution in [0.25, 0.3) is 0 Å². The van der Waals surface area contributed by atoms with Crippen molar-refractivity contribution in [3.63, 3.8) is 0 Å². The van der Waals surface area contributed by atoms with Gasteiger partial charge < -0.3 is 9.80 Å². The Kier molecular flexibility index (Phi) is 4.76. The van der Waals surface area contributed by atoms with Crippen LogP contribution in [0.3, 0.4) is 0 Å². The van der Waals surface area contributed by atoms with Crippen molar-refractivity contribution >= 4 is 5.91 Å². The van der Waals surface area contributed by atoms with Gasteiger partial charge in [0.05, 0.1) is 0 Å². The summed E-state index contributed by atoms with van der Waals surface area (Å²) in [6, 6.07) is -0.566. The van der Waals surface area contributed by atoms with Gasteiger partial charge in [-0.05, 0) is 19.4 Å². The molecule has 0 aromatic carbocycles. The maximum Gasteiger partial charge on any atom is 0.463 e. The summed E-state index contributed by atoms with van der Waals surface area (Å²) in [5.74, 6) is -7.49. The molecule has 0 saturated carbocycles. The first kappa shape index (κ1) is 16.1. The molecule has 1 aliphatic rings. The highest BCUT2D eigenvalue weighted by Crippen LogP contribution is 2.37. The number of piperidine rings is 1. The van der Waals surface area contributed by atoms with Gasteiger partial charge in [-0.25, -0.2) is 0 Å². The van der Waals surface area contributed by atoms with Gasteiger partial charge in [0, 0.05) is 26.2 Å². The Hall–Kier alpha value is -0.920. The Morgan fingerprint density at radius 1 is 1.21 bits per heavy atom. The average molecular weight is 288 g/mol. The minimum atomic E-state index is -5.84. The van der Waals surface area contributed by atoms with Crippen molar-refractivity contribution in [3.05, 3.63) is 0 Å². The van der Waals surface area contributed by atoms with Crippen molar-refractivity contribution in [2.75, 3.05) is 26.7 Å². The highest BCUT2D eigenvalue weighted by molar-refractivity contribution is 5.84. The molecule has 1 saturated heterocycles. The molecule has 112 valence electrons. The Labute approximate surface area is 108 Å². The van der Waals surface area contributed by atoms with E-state index in [4.69, 9.17) is 0 Å². The van der Waals surface area contributed by atoms with E-state index in [-0.39, 0.29) is 0 Å². The van der Waals surface area contributed by atoms with Gasteiger partial charge in [0.25, 0.3) is 0 Å². The summed E-state index contributed by atoms with van der Waals surface area (Å²) < 4.78 is 62.3. The van der Waals surface area contributed by atoms with E-state index in [9.17, 15) is 26.7 Å². The van der Waals surface area contributed by atoms with E-state index in [0.29, 0.717) is 30.8 Å². The molecular weight excluding hydrogens is 271 g/mol. The van der Waals surface area contributed by atoms with Crippen LogP contribution in [0, 0.1) is 0 Å². The van der Waals surface area contributed by atoms with Crippen LogP contribution in [0.2, 0.25) is 0 Å². The number of likely N-dealkylation sites (tertiary alicyclic amines) is 1. The van der Waals surface area contributed by atoms with E-state index in [1.807, 2.05) is 6.92 Å². The van der Waals surface area contributed by atoms with Crippen molar-refractivity contribution < 1.29 is 26.7 Å². The smallest absolute Gasteiger partial charge is 0.337 e. The fourth-order valence-electron chi connectivity index (χ4n) is 2.13. The maximum atomic E-state index is 12.9. The van der Waals surface area contributed by atoms with Gasteiger partial charge in [0.2, 0.25) is 0 Å².